The van der Waals surface area contributed by atoms with Gasteiger partial charge >= 0.3 is 0 Å². The van der Waals surface area contributed by atoms with E-state index in [9.17, 15) is 5.11 Å². The summed E-state index contributed by atoms with van der Waals surface area (Å²) in [6, 6.07) is 0. The standard InChI is InChI=1S/C14H26O2/c1-12-5-2-8-14(15,11-12)9-3-6-13-7-4-10-16-13/h12-13,15H,2-11H2,1H3. The summed E-state index contributed by atoms with van der Waals surface area (Å²) < 4.78 is 5.61. The summed E-state index contributed by atoms with van der Waals surface area (Å²) in [5.74, 6) is 0.710. The highest BCUT2D eigenvalue weighted by Crippen LogP contribution is 2.36. The lowest BCUT2D eigenvalue weighted by molar-refractivity contribution is -0.0245. The van der Waals surface area contributed by atoms with Crippen LogP contribution in [0.25, 0.3) is 0 Å². The normalized spacial score (nSPS) is 40.1. The third kappa shape index (κ3) is 3.46. The zero-order valence-corrected chi connectivity index (χ0v) is 10.6. The number of hydrogen-bond acceptors (Lipinski definition) is 2. The molecule has 1 saturated carbocycles. The molecule has 2 rings (SSSR count). The molecular formula is C14H26O2. The number of aliphatic hydroxyl groups is 1. The van der Waals surface area contributed by atoms with Crippen LogP contribution in [-0.2, 0) is 4.74 Å². The molecule has 1 aliphatic heterocycles. The van der Waals surface area contributed by atoms with Crippen molar-refractivity contribution in [2.24, 2.45) is 5.92 Å². The van der Waals surface area contributed by atoms with E-state index in [4.69, 9.17) is 4.74 Å². The first-order chi connectivity index (χ1) is 7.68. The van der Waals surface area contributed by atoms with Gasteiger partial charge in [0.05, 0.1) is 11.7 Å². The average Bonchev–Trinajstić information content (AvgIpc) is 2.69. The van der Waals surface area contributed by atoms with Crippen molar-refractivity contribution in [1.29, 1.82) is 0 Å². The zero-order chi connectivity index (χ0) is 11.4. The molecule has 3 unspecified atom stereocenters. The molecule has 3 atom stereocenters. The lowest BCUT2D eigenvalue weighted by atomic mass is 9.76. The van der Waals surface area contributed by atoms with Gasteiger partial charge in [-0.15, -0.1) is 0 Å². The van der Waals surface area contributed by atoms with Gasteiger partial charge < -0.3 is 9.84 Å². The largest absolute Gasteiger partial charge is 0.390 e. The minimum atomic E-state index is -0.351. The maximum atomic E-state index is 10.5. The van der Waals surface area contributed by atoms with Crippen LogP contribution in [0.2, 0.25) is 0 Å². The van der Waals surface area contributed by atoms with Crippen molar-refractivity contribution >= 4 is 0 Å². The van der Waals surface area contributed by atoms with Gasteiger partial charge in [-0.3, -0.25) is 0 Å². The predicted molar refractivity (Wildman–Crippen MR) is 65.4 cm³/mol. The van der Waals surface area contributed by atoms with Crippen molar-refractivity contribution in [2.45, 2.75) is 76.4 Å². The smallest absolute Gasteiger partial charge is 0.0650 e. The Morgan fingerprint density at radius 2 is 2.19 bits per heavy atom. The summed E-state index contributed by atoms with van der Waals surface area (Å²) in [5, 5.41) is 10.5. The van der Waals surface area contributed by atoms with Crippen molar-refractivity contribution in [3.63, 3.8) is 0 Å². The van der Waals surface area contributed by atoms with Gasteiger partial charge in [0, 0.05) is 6.61 Å². The van der Waals surface area contributed by atoms with Crippen molar-refractivity contribution in [1.82, 2.24) is 0 Å². The SMILES string of the molecule is CC1CCCC(O)(CCCC2CCCO2)C1. The highest BCUT2D eigenvalue weighted by molar-refractivity contribution is 4.85. The second-order valence-electron chi connectivity index (χ2n) is 5.95. The summed E-state index contributed by atoms with van der Waals surface area (Å²) in [6.45, 7) is 3.22. The fourth-order valence-electron chi connectivity index (χ4n) is 3.39. The minimum absolute atomic E-state index is 0.351. The van der Waals surface area contributed by atoms with E-state index in [1.165, 1.54) is 25.7 Å². The third-order valence-corrected chi connectivity index (χ3v) is 4.26. The zero-order valence-electron chi connectivity index (χ0n) is 10.6. The summed E-state index contributed by atoms with van der Waals surface area (Å²) in [6.07, 6.45) is 10.7. The maximum Gasteiger partial charge on any atom is 0.0650 e. The summed E-state index contributed by atoms with van der Waals surface area (Å²) >= 11 is 0. The molecule has 2 nitrogen and oxygen atoms in total. The van der Waals surface area contributed by atoms with Gasteiger partial charge in [0.15, 0.2) is 0 Å². The van der Waals surface area contributed by atoms with Crippen LogP contribution in [0, 0.1) is 5.92 Å². The second-order valence-corrected chi connectivity index (χ2v) is 5.95. The van der Waals surface area contributed by atoms with E-state index >= 15 is 0 Å². The highest BCUT2D eigenvalue weighted by atomic mass is 16.5. The van der Waals surface area contributed by atoms with Crippen LogP contribution in [0.15, 0.2) is 0 Å². The Bertz CT molecular complexity index is 211. The molecule has 0 spiro atoms. The molecule has 2 aliphatic rings. The van der Waals surface area contributed by atoms with Gasteiger partial charge in [-0.05, 0) is 50.9 Å². The molecule has 1 aliphatic carbocycles. The molecule has 0 bridgehead atoms. The Kier molecular flexibility index (Phi) is 4.26. The molecule has 16 heavy (non-hydrogen) atoms. The molecule has 1 saturated heterocycles. The maximum absolute atomic E-state index is 10.5. The van der Waals surface area contributed by atoms with E-state index in [-0.39, 0.29) is 5.60 Å². The number of ether oxygens (including phenoxy) is 1. The molecule has 1 N–H and O–H groups in total. The molecule has 0 amide bonds. The Morgan fingerprint density at radius 3 is 2.88 bits per heavy atom. The summed E-state index contributed by atoms with van der Waals surface area (Å²) in [4.78, 5) is 0. The van der Waals surface area contributed by atoms with E-state index in [0.717, 1.165) is 38.7 Å². The Hall–Kier alpha value is -0.0800. The first kappa shape index (κ1) is 12.4. The molecule has 2 heteroatoms. The van der Waals surface area contributed by atoms with Crippen molar-refractivity contribution in [3.05, 3.63) is 0 Å². The molecule has 2 fully saturated rings. The van der Waals surface area contributed by atoms with Gasteiger partial charge in [0.2, 0.25) is 0 Å². The van der Waals surface area contributed by atoms with Crippen LogP contribution in [0.4, 0.5) is 0 Å². The fraction of sp³-hybridized carbons (Fsp3) is 1.00. The Labute approximate surface area is 99.4 Å². The quantitative estimate of drug-likeness (QED) is 0.797. The van der Waals surface area contributed by atoms with E-state index in [1.54, 1.807) is 0 Å². The topological polar surface area (TPSA) is 29.5 Å². The lowest BCUT2D eigenvalue weighted by Gasteiger charge is -2.35. The van der Waals surface area contributed by atoms with Crippen LogP contribution in [0.5, 0.6) is 0 Å². The lowest BCUT2D eigenvalue weighted by Crippen LogP contribution is -2.34. The van der Waals surface area contributed by atoms with Crippen LogP contribution >= 0.6 is 0 Å². The molecule has 0 aromatic carbocycles. The monoisotopic (exact) mass is 226 g/mol. The minimum Gasteiger partial charge on any atom is -0.390 e. The molecule has 0 aromatic rings. The number of rotatable bonds is 4. The van der Waals surface area contributed by atoms with Crippen LogP contribution < -0.4 is 0 Å². The molecule has 1 heterocycles. The van der Waals surface area contributed by atoms with E-state index in [2.05, 4.69) is 6.92 Å². The molecular weight excluding hydrogens is 200 g/mol. The van der Waals surface area contributed by atoms with E-state index in [1.807, 2.05) is 0 Å². The van der Waals surface area contributed by atoms with E-state index in [0.29, 0.717) is 12.0 Å². The van der Waals surface area contributed by atoms with Gasteiger partial charge in [0.1, 0.15) is 0 Å². The van der Waals surface area contributed by atoms with Gasteiger partial charge in [-0.25, -0.2) is 0 Å². The molecule has 0 aromatic heterocycles. The third-order valence-electron chi connectivity index (χ3n) is 4.26. The average molecular weight is 226 g/mol. The summed E-state index contributed by atoms with van der Waals surface area (Å²) in [7, 11) is 0. The Balaban J connectivity index is 1.67. The van der Waals surface area contributed by atoms with Crippen LogP contribution in [-0.4, -0.2) is 23.4 Å². The first-order valence-corrected chi connectivity index (χ1v) is 7.02. The van der Waals surface area contributed by atoms with Gasteiger partial charge in [-0.1, -0.05) is 19.8 Å². The van der Waals surface area contributed by atoms with Gasteiger partial charge in [-0.2, -0.15) is 0 Å². The highest BCUT2D eigenvalue weighted by Gasteiger charge is 2.32. The van der Waals surface area contributed by atoms with Gasteiger partial charge in [0.25, 0.3) is 0 Å². The van der Waals surface area contributed by atoms with Crippen LogP contribution in [0.1, 0.15) is 64.7 Å². The molecule has 0 radical (unpaired) electrons. The van der Waals surface area contributed by atoms with Crippen molar-refractivity contribution in [3.8, 4) is 0 Å². The van der Waals surface area contributed by atoms with E-state index < -0.39 is 0 Å². The first-order valence-electron chi connectivity index (χ1n) is 7.02. The Morgan fingerprint density at radius 1 is 1.31 bits per heavy atom. The summed E-state index contributed by atoms with van der Waals surface area (Å²) in [5.41, 5.74) is -0.351. The second kappa shape index (κ2) is 5.50. The molecule has 94 valence electrons. The fourth-order valence-corrected chi connectivity index (χ4v) is 3.39. The van der Waals surface area contributed by atoms with Crippen molar-refractivity contribution in [2.75, 3.05) is 6.61 Å². The van der Waals surface area contributed by atoms with Crippen molar-refractivity contribution < 1.29 is 9.84 Å². The number of hydrogen-bond donors (Lipinski definition) is 1. The predicted octanol–water partition coefficient (Wildman–Crippen LogP) is 3.28. The van der Waals surface area contributed by atoms with Crippen LogP contribution in [0.3, 0.4) is 0 Å².